The number of aliphatic imine (C=N–C) groups is 1. The molecule has 0 aromatic heterocycles. The molecular weight excluding hydrogens is 387 g/mol. The Labute approximate surface area is 168 Å². The first-order chi connectivity index (χ1) is 13.9. The third kappa shape index (κ3) is 5.99. The highest BCUT2D eigenvalue weighted by Gasteiger charge is 2.42. The van der Waals surface area contributed by atoms with Gasteiger partial charge in [0.25, 0.3) is 0 Å². The number of alkyl halides is 3. The number of hydrogen-bond acceptors (Lipinski definition) is 4. The number of para-hydroxylation sites is 1. The Morgan fingerprint density at radius 3 is 2.83 bits per heavy atom. The van der Waals surface area contributed by atoms with Crippen LogP contribution in [0.5, 0.6) is 5.75 Å². The van der Waals surface area contributed by atoms with E-state index in [9.17, 15) is 18.3 Å². The Morgan fingerprint density at radius 2 is 2.17 bits per heavy atom. The highest BCUT2D eigenvalue weighted by Crippen LogP contribution is 2.45. The molecule has 1 heterocycles. The van der Waals surface area contributed by atoms with E-state index in [4.69, 9.17) is 4.74 Å². The van der Waals surface area contributed by atoms with E-state index < -0.39 is 6.36 Å². The fourth-order valence-electron chi connectivity index (χ4n) is 3.73. The van der Waals surface area contributed by atoms with Crippen LogP contribution in [0.4, 0.5) is 13.2 Å². The van der Waals surface area contributed by atoms with E-state index in [1.165, 1.54) is 12.1 Å². The number of rotatable bonds is 8. The lowest BCUT2D eigenvalue weighted by Crippen LogP contribution is -2.40. The van der Waals surface area contributed by atoms with Crippen LogP contribution in [-0.2, 0) is 4.74 Å². The fourth-order valence-corrected chi connectivity index (χ4v) is 3.73. The summed E-state index contributed by atoms with van der Waals surface area (Å²) in [6, 6.07) is 6.25. The lowest BCUT2D eigenvalue weighted by molar-refractivity contribution is -0.274. The molecule has 1 aromatic rings. The quantitative estimate of drug-likeness (QED) is 0.450. The van der Waals surface area contributed by atoms with Gasteiger partial charge in [-0.05, 0) is 37.8 Å². The monoisotopic (exact) mass is 415 g/mol. The van der Waals surface area contributed by atoms with Crippen LogP contribution in [0, 0.1) is 5.41 Å². The van der Waals surface area contributed by atoms with E-state index in [0.29, 0.717) is 50.7 Å². The minimum absolute atomic E-state index is 0.0144. The first-order valence-electron chi connectivity index (χ1n) is 9.94. The highest BCUT2D eigenvalue weighted by molar-refractivity contribution is 5.80. The van der Waals surface area contributed by atoms with Gasteiger partial charge in [-0.25, -0.2) is 0 Å². The van der Waals surface area contributed by atoms with Gasteiger partial charge in [-0.15, -0.1) is 13.2 Å². The first-order valence-corrected chi connectivity index (χ1v) is 9.94. The van der Waals surface area contributed by atoms with E-state index in [-0.39, 0.29) is 29.7 Å². The standard InChI is InChI=1S/C20H28F3N3O3/c1-2-24-18(25-12-19(7-9-27)8-10-28-13-19)26-16-11-15(16)14-5-3-4-6-17(14)29-20(21,22)23/h3-6,15-16,27H,2,7-13H2,1H3,(H2,24,25,26). The molecule has 3 unspecified atom stereocenters. The highest BCUT2D eigenvalue weighted by atomic mass is 19.4. The van der Waals surface area contributed by atoms with Crippen LogP contribution >= 0.6 is 0 Å². The number of nitrogens with one attached hydrogen (secondary N) is 2. The zero-order chi connectivity index (χ0) is 20.9. The molecule has 9 heteroatoms. The predicted molar refractivity (Wildman–Crippen MR) is 103 cm³/mol. The van der Waals surface area contributed by atoms with Crippen molar-refractivity contribution < 1.29 is 27.8 Å². The van der Waals surface area contributed by atoms with Crippen molar-refractivity contribution in [2.45, 2.75) is 44.5 Å². The normalized spacial score (nSPS) is 27.0. The number of benzene rings is 1. The van der Waals surface area contributed by atoms with Crippen LogP contribution in [0.15, 0.2) is 29.3 Å². The SMILES string of the molecule is CCNC(=NCC1(CCO)CCOC1)NC1CC1c1ccccc1OC(F)(F)F. The van der Waals surface area contributed by atoms with Crippen molar-refractivity contribution in [2.75, 3.05) is 32.9 Å². The van der Waals surface area contributed by atoms with E-state index in [1.807, 2.05) is 6.92 Å². The van der Waals surface area contributed by atoms with Crippen molar-refractivity contribution in [1.82, 2.24) is 10.6 Å². The molecule has 3 N–H and O–H groups in total. The number of aliphatic hydroxyl groups is 1. The number of nitrogens with zero attached hydrogens (tertiary/aromatic N) is 1. The van der Waals surface area contributed by atoms with Gasteiger partial charge >= 0.3 is 6.36 Å². The van der Waals surface area contributed by atoms with Gasteiger partial charge in [-0.2, -0.15) is 0 Å². The molecule has 0 radical (unpaired) electrons. The molecule has 162 valence electrons. The summed E-state index contributed by atoms with van der Waals surface area (Å²) < 4.78 is 47.7. The maximum absolute atomic E-state index is 12.7. The van der Waals surface area contributed by atoms with Gasteiger partial charge in [0.1, 0.15) is 5.75 Å². The second-order valence-corrected chi connectivity index (χ2v) is 7.65. The van der Waals surface area contributed by atoms with Gasteiger partial charge in [0.2, 0.25) is 0 Å². The van der Waals surface area contributed by atoms with Crippen molar-refractivity contribution in [3.63, 3.8) is 0 Å². The van der Waals surface area contributed by atoms with Gasteiger partial charge in [-0.1, -0.05) is 18.2 Å². The smallest absolute Gasteiger partial charge is 0.405 e. The number of ether oxygens (including phenoxy) is 2. The van der Waals surface area contributed by atoms with Gasteiger partial charge in [0.15, 0.2) is 5.96 Å². The van der Waals surface area contributed by atoms with Gasteiger partial charge in [0, 0.05) is 37.1 Å². The molecule has 1 aliphatic carbocycles. The van der Waals surface area contributed by atoms with E-state index in [1.54, 1.807) is 12.1 Å². The van der Waals surface area contributed by atoms with Crippen molar-refractivity contribution in [2.24, 2.45) is 10.4 Å². The second-order valence-electron chi connectivity index (χ2n) is 7.65. The van der Waals surface area contributed by atoms with Crippen LogP contribution < -0.4 is 15.4 Å². The van der Waals surface area contributed by atoms with E-state index in [0.717, 1.165) is 6.42 Å². The summed E-state index contributed by atoms with van der Waals surface area (Å²) in [5, 5.41) is 15.9. The van der Waals surface area contributed by atoms with E-state index >= 15 is 0 Å². The minimum atomic E-state index is -4.71. The summed E-state index contributed by atoms with van der Waals surface area (Å²) in [5.41, 5.74) is 0.381. The summed E-state index contributed by atoms with van der Waals surface area (Å²) >= 11 is 0. The maximum Gasteiger partial charge on any atom is 0.573 e. The fraction of sp³-hybridized carbons (Fsp3) is 0.650. The molecule has 1 aliphatic heterocycles. The van der Waals surface area contributed by atoms with Crippen LogP contribution in [-0.4, -0.2) is 56.4 Å². The maximum atomic E-state index is 12.7. The van der Waals surface area contributed by atoms with Gasteiger partial charge < -0.3 is 25.2 Å². The summed E-state index contributed by atoms with van der Waals surface area (Å²) in [5.74, 6) is 0.401. The van der Waals surface area contributed by atoms with Crippen LogP contribution in [0.3, 0.4) is 0 Å². The zero-order valence-corrected chi connectivity index (χ0v) is 16.5. The number of hydrogen-bond donors (Lipinski definition) is 3. The molecule has 2 aliphatic rings. The topological polar surface area (TPSA) is 75.1 Å². The third-order valence-electron chi connectivity index (χ3n) is 5.40. The molecule has 3 atom stereocenters. The number of aliphatic hydroxyl groups excluding tert-OH is 1. The average molecular weight is 415 g/mol. The van der Waals surface area contributed by atoms with Gasteiger partial charge in [0.05, 0.1) is 13.2 Å². The Kier molecular flexibility index (Phi) is 6.89. The Morgan fingerprint density at radius 1 is 1.38 bits per heavy atom. The van der Waals surface area contributed by atoms with Crippen LogP contribution in [0.1, 0.15) is 37.7 Å². The van der Waals surface area contributed by atoms with Gasteiger partial charge in [-0.3, -0.25) is 4.99 Å². The Balaban J connectivity index is 1.65. The summed E-state index contributed by atoms with van der Waals surface area (Å²) in [6.45, 7) is 4.47. The number of halogens is 3. The molecule has 29 heavy (non-hydrogen) atoms. The average Bonchev–Trinajstić information content (AvgIpc) is 3.26. The molecule has 0 bridgehead atoms. The Bertz CT molecular complexity index is 706. The molecule has 0 spiro atoms. The van der Waals surface area contributed by atoms with Crippen LogP contribution in [0.25, 0.3) is 0 Å². The molecular formula is C20H28F3N3O3. The van der Waals surface area contributed by atoms with Crippen molar-refractivity contribution in [3.05, 3.63) is 29.8 Å². The second kappa shape index (κ2) is 9.21. The van der Waals surface area contributed by atoms with Crippen LogP contribution in [0.2, 0.25) is 0 Å². The summed E-state index contributed by atoms with van der Waals surface area (Å²) in [6.07, 6.45) is -2.53. The lowest BCUT2D eigenvalue weighted by Gasteiger charge is -2.25. The lowest BCUT2D eigenvalue weighted by atomic mass is 9.84. The summed E-state index contributed by atoms with van der Waals surface area (Å²) in [4.78, 5) is 4.67. The van der Waals surface area contributed by atoms with Crippen molar-refractivity contribution >= 4 is 5.96 Å². The predicted octanol–water partition coefficient (Wildman–Crippen LogP) is 2.79. The van der Waals surface area contributed by atoms with Crippen molar-refractivity contribution in [1.29, 1.82) is 0 Å². The number of guanidine groups is 1. The van der Waals surface area contributed by atoms with Crippen molar-refractivity contribution in [3.8, 4) is 5.75 Å². The molecule has 3 rings (SSSR count). The summed E-state index contributed by atoms with van der Waals surface area (Å²) in [7, 11) is 0. The molecule has 6 nitrogen and oxygen atoms in total. The largest absolute Gasteiger partial charge is 0.573 e. The third-order valence-corrected chi connectivity index (χ3v) is 5.40. The molecule has 1 saturated carbocycles. The Hall–Kier alpha value is -2.00. The first kappa shape index (κ1) is 21.7. The molecule has 2 fully saturated rings. The molecule has 1 saturated heterocycles. The zero-order valence-electron chi connectivity index (χ0n) is 16.5. The van der Waals surface area contributed by atoms with E-state index in [2.05, 4.69) is 20.4 Å². The molecule has 0 amide bonds. The minimum Gasteiger partial charge on any atom is -0.405 e. The molecule has 1 aromatic carbocycles.